The van der Waals surface area contributed by atoms with Crippen molar-refractivity contribution in [3.8, 4) is 11.3 Å². The highest BCUT2D eigenvalue weighted by Gasteiger charge is 2.28. The first-order valence-electron chi connectivity index (χ1n) is 7.67. The zero-order valence-corrected chi connectivity index (χ0v) is 13.6. The first-order valence-corrected chi connectivity index (χ1v) is 8.55. The molecule has 1 unspecified atom stereocenters. The van der Waals surface area contributed by atoms with E-state index in [-0.39, 0.29) is 23.6 Å². The molecule has 6 nitrogen and oxygen atoms in total. The molecule has 1 aliphatic heterocycles. The van der Waals surface area contributed by atoms with E-state index in [1.165, 1.54) is 26.8 Å². The van der Waals surface area contributed by atoms with Gasteiger partial charge in [-0.25, -0.2) is 4.98 Å². The lowest BCUT2D eigenvalue weighted by molar-refractivity contribution is 0.0762. The van der Waals surface area contributed by atoms with E-state index in [9.17, 15) is 14.7 Å². The summed E-state index contributed by atoms with van der Waals surface area (Å²) in [6, 6.07) is 9.54. The molecule has 1 atom stereocenters. The predicted octanol–water partition coefficient (Wildman–Crippen LogP) is 1.63. The highest BCUT2D eigenvalue weighted by molar-refractivity contribution is 7.15. The van der Waals surface area contributed by atoms with Gasteiger partial charge < -0.3 is 10.0 Å². The molecule has 2 aromatic heterocycles. The number of aliphatic hydroxyl groups is 1. The van der Waals surface area contributed by atoms with Gasteiger partial charge >= 0.3 is 0 Å². The molecule has 0 spiro atoms. The van der Waals surface area contributed by atoms with Gasteiger partial charge in [0.05, 0.1) is 11.8 Å². The third kappa shape index (κ3) is 2.42. The van der Waals surface area contributed by atoms with Crippen LogP contribution in [0.2, 0.25) is 0 Å². The molecule has 1 saturated heterocycles. The van der Waals surface area contributed by atoms with Crippen LogP contribution in [-0.4, -0.2) is 44.5 Å². The number of amides is 1. The van der Waals surface area contributed by atoms with Gasteiger partial charge in [-0.1, -0.05) is 30.3 Å². The highest BCUT2D eigenvalue weighted by Crippen LogP contribution is 2.24. The number of fused-ring (bicyclic) bond motifs is 1. The number of β-amino-alcohol motifs (C(OH)–C–C–N with tert-alkyl or cyclic N) is 1. The molecule has 122 valence electrons. The number of carbonyl (C=O) groups excluding carboxylic acids is 1. The topological polar surface area (TPSA) is 74.9 Å². The zero-order valence-electron chi connectivity index (χ0n) is 12.8. The Kier molecular flexibility index (Phi) is 3.66. The fourth-order valence-corrected chi connectivity index (χ4v) is 3.80. The maximum absolute atomic E-state index is 12.9. The van der Waals surface area contributed by atoms with Crippen LogP contribution in [0.5, 0.6) is 0 Å². The van der Waals surface area contributed by atoms with E-state index < -0.39 is 6.10 Å². The van der Waals surface area contributed by atoms with Gasteiger partial charge in [0, 0.05) is 24.7 Å². The second kappa shape index (κ2) is 5.85. The Morgan fingerprint density at radius 1 is 1.29 bits per heavy atom. The zero-order chi connectivity index (χ0) is 16.7. The lowest BCUT2D eigenvalue weighted by Crippen LogP contribution is -2.35. The lowest BCUT2D eigenvalue weighted by atomic mass is 10.2. The van der Waals surface area contributed by atoms with Crippen molar-refractivity contribution in [1.82, 2.24) is 14.3 Å². The molecule has 3 aromatic rings. The summed E-state index contributed by atoms with van der Waals surface area (Å²) in [6.45, 7) is 0.716. The SMILES string of the molecule is O=C(c1cnc2scc(-c3ccccc3)n2c1=O)N1CCC(O)C1. The van der Waals surface area contributed by atoms with Crippen molar-refractivity contribution < 1.29 is 9.90 Å². The molecule has 1 N–H and O–H groups in total. The molecular formula is C17H15N3O3S. The first-order chi connectivity index (χ1) is 11.6. The number of aliphatic hydroxyl groups excluding tert-OH is 1. The minimum absolute atomic E-state index is 0.0391. The van der Waals surface area contributed by atoms with Crippen LogP contribution in [0.25, 0.3) is 16.2 Å². The van der Waals surface area contributed by atoms with Gasteiger partial charge in [0.2, 0.25) is 0 Å². The molecule has 3 heterocycles. The molecule has 0 aliphatic carbocycles. The van der Waals surface area contributed by atoms with Crippen LogP contribution < -0.4 is 5.56 Å². The minimum atomic E-state index is -0.519. The van der Waals surface area contributed by atoms with Crippen LogP contribution in [0.1, 0.15) is 16.8 Å². The van der Waals surface area contributed by atoms with Crippen LogP contribution in [0.3, 0.4) is 0 Å². The van der Waals surface area contributed by atoms with E-state index in [1.54, 1.807) is 0 Å². The Labute approximate surface area is 141 Å². The number of nitrogens with zero attached hydrogens (tertiary/aromatic N) is 3. The molecule has 0 saturated carbocycles. The maximum atomic E-state index is 12.9. The summed E-state index contributed by atoms with van der Waals surface area (Å²) in [5.74, 6) is -0.372. The number of likely N-dealkylation sites (tertiary alicyclic amines) is 1. The molecule has 24 heavy (non-hydrogen) atoms. The summed E-state index contributed by atoms with van der Waals surface area (Å²) in [5, 5.41) is 11.5. The van der Waals surface area contributed by atoms with Crippen LogP contribution in [0, 0.1) is 0 Å². The Bertz CT molecular complexity index is 964. The minimum Gasteiger partial charge on any atom is -0.391 e. The largest absolute Gasteiger partial charge is 0.391 e. The lowest BCUT2D eigenvalue weighted by Gasteiger charge is -2.14. The van der Waals surface area contributed by atoms with E-state index in [1.807, 2.05) is 35.7 Å². The Balaban J connectivity index is 1.83. The summed E-state index contributed by atoms with van der Waals surface area (Å²) in [4.78, 5) is 31.8. The van der Waals surface area contributed by atoms with Crippen molar-refractivity contribution in [3.05, 3.63) is 57.8 Å². The molecular weight excluding hydrogens is 326 g/mol. The van der Waals surface area contributed by atoms with E-state index in [2.05, 4.69) is 4.98 Å². The van der Waals surface area contributed by atoms with Crippen molar-refractivity contribution in [3.63, 3.8) is 0 Å². The second-order valence-corrected chi connectivity index (χ2v) is 6.61. The number of benzene rings is 1. The normalized spacial score (nSPS) is 17.5. The number of carbonyl (C=O) groups is 1. The van der Waals surface area contributed by atoms with Crippen LogP contribution in [0.4, 0.5) is 0 Å². The summed E-state index contributed by atoms with van der Waals surface area (Å²) in [7, 11) is 0. The van der Waals surface area contributed by atoms with Crippen molar-refractivity contribution in [1.29, 1.82) is 0 Å². The van der Waals surface area contributed by atoms with Gasteiger partial charge in [0.15, 0.2) is 4.96 Å². The smallest absolute Gasteiger partial charge is 0.271 e. The van der Waals surface area contributed by atoms with E-state index in [0.29, 0.717) is 17.9 Å². The van der Waals surface area contributed by atoms with Crippen molar-refractivity contribution in [2.24, 2.45) is 0 Å². The molecule has 1 aromatic carbocycles. The third-order valence-electron chi connectivity index (χ3n) is 4.20. The number of aromatic nitrogens is 2. The molecule has 1 fully saturated rings. The number of thiazole rings is 1. The number of hydrogen-bond donors (Lipinski definition) is 1. The van der Waals surface area contributed by atoms with Gasteiger partial charge in [-0.2, -0.15) is 0 Å². The Morgan fingerprint density at radius 3 is 2.79 bits per heavy atom. The van der Waals surface area contributed by atoms with E-state index in [0.717, 1.165) is 11.3 Å². The first kappa shape index (κ1) is 15.0. The maximum Gasteiger partial charge on any atom is 0.271 e. The second-order valence-electron chi connectivity index (χ2n) is 5.78. The molecule has 0 bridgehead atoms. The predicted molar refractivity (Wildman–Crippen MR) is 91.3 cm³/mol. The molecule has 0 radical (unpaired) electrons. The van der Waals surface area contributed by atoms with Gasteiger partial charge in [0.1, 0.15) is 5.56 Å². The average molecular weight is 341 g/mol. The summed E-state index contributed by atoms with van der Waals surface area (Å²) < 4.78 is 1.49. The molecule has 1 aliphatic rings. The van der Waals surface area contributed by atoms with Crippen LogP contribution in [-0.2, 0) is 0 Å². The van der Waals surface area contributed by atoms with Crippen LogP contribution in [0.15, 0.2) is 46.7 Å². The van der Waals surface area contributed by atoms with Gasteiger partial charge in [-0.3, -0.25) is 14.0 Å². The Morgan fingerprint density at radius 2 is 2.08 bits per heavy atom. The summed E-state index contributed by atoms with van der Waals surface area (Å²) >= 11 is 1.36. The molecule has 1 amide bonds. The monoisotopic (exact) mass is 341 g/mol. The quantitative estimate of drug-likeness (QED) is 0.769. The van der Waals surface area contributed by atoms with Crippen molar-refractivity contribution >= 4 is 22.2 Å². The van der Waals surface area contributed by atoms with E-state index >= 15 is 0 Å². The average Bonchev–Trinajstić information content (AvgIpc) is 3.22. The number of hydrogen-bond acceptors (Lipinski definition) is 5. The van der Waals surface area contributed by atoms with E-state index in [4.69, 9.17) is 0 Å². The van der Waals surface area contributed by atoms with Crippen LogP contribution >= 0.6 is 11.3 Å². The molecule has 7 heteroatoms. The van der Waals surface area contributed by atoms with Crippen molar-refractivity contribution in [2.45, 2.75) is 12.5 Å². The Hall–Kier alpha value is -2.51. The summed E-state index contributed by atoms with van der Waals surface area (Å²) in [5.41, 5.74) is 1.29. The van der Waals surface area contributed by atoms with Gasteiger partial charge in [-0.15, -0.1) is 11.3 Å². The standard InChI is InChI=1S/C17H15N3O3S/c21-12-6-7-19(9-12)15(22)13-8-18-17-20(16(13)23)14(10-24-17)11-4-2-1-3-5-11/h1-5,8,10,12,21H,6-7,9H2. The van der Waals surface area contributed by atoms with Crippen molar-refractivity contribution in [2.75, 3.05) is 13.1 Å². The molecule has 4 rings (SSSR count). The number of rotatable bonds is 2. The highest BCUT2D eigenvalue weighted by atomic mass is 32.1. The fraction of sp³-hybridized carbons (Fsp3) is 0.235. The fourth-order valence-electron chi connectivity index (χ4n) is 2.95. The summed E-state index contributed by atoms with van der Waals surface area (Å²) in [6.07, 6.45) is 1.36. The van der Waals surface area contributed by atoms with Gasteiger partial charge in [0.25, 0.3) is 11.5 Å². The third-order valence-corrected chi connectivity index (χ3v) is 5.04. The van der Waals surface area contributed by atoms with Gasteiger partial charge in [-0.05, 0) is 12.0 Å².